The summed E-state index contributed by atoms with van der Waals surface area (Å²) in [6.07, 6.45) is 1.69. The maximum atomic E-state index is 12.7. The highest BCUT2D eigenvalue weighted by molar-refractivity contribution is 5.92. The van der Waals surface area contributed by atoms with Crippen molar-refractivity contribution in [3.63, 3.8) is 0 Å². The van der Waals surface area contributed by atoms with Gasteiger partial charge in [0, 0.05) is 19.9 Å². The van der Waals surface area contributed by atoms with E-state index < -0.39 is 5.41 Å². The quantitative estimate of drug-likeness (QED) is 0.825. The number of hydrogen-bond donors (Lipinski definition) is 1. The Morgan fingerprint density at radius 1 is 1.30 bits per heavy atom. The molecule has 0 fully saturated rings. The van der Waals surface area contributed by atoms with E-state index >= 15 is 0 Å². The van der Waals surface area contributed by atoms with Crippen LogP contribution in [0.15, 0.2) is 30.5 Å². The molecule has 0 aliphatic carbocycles. The fourth-order valence-corrected chi connectivity index (χ4v) is 3.17. The third-order valence-electron chi connectivity index (χ3n) is 4.56. The molecule has 0 atom stereocenters. The molecule has 0 spiro atoms. The number of nitrogens with one attached hydrogen (secondary N) is 1. The zero-order valence-corrected chi connectivity index (χ0v) is 15.9. The Hall–Kier alpha value is -2.74. The monoisotopic (exact) mass is 371 g/mol. The maximum absolute atomic E-state index is 12.7. The van der Waals surface area contributed by atoms with Crippen molar-refractivity contribution < 1.29 is 14.3 Å². The number of rotatable bonds is 6. The van der Waals surface area contributed by atoms with Crippen LogP contribution in [0, 0.1) is 5.41 Å². The van der Waals surface area contributed by atoms with Gasteiger partial charge in [0.05, 0.1) is 43.0 Å². The first-order valence-corrected chi connectivity index (χ1v) is 8.94. The van der Waals surface area contributed by atoms with Crippen molar-refractivity contribution in [1.29, 1.82) is 0 Å². The molecule has 8 heteroatoms. The van der Waals surface area contributed by atoms with Crippen LogP contribution in [-0.4, -0.2) is 51.7 Å². The van der Waals surface area contributed by atoms with Gasteiger partial charge in [-0.1, -0.05) is 6.07 Å². The SMILES string of the molecule is COCC(C)(C)C(=O)N1CCn2nc(C(=O)NCc3ccccn3)cc2C1. The number of hydrogen-bond acceptors (Lipinski definition) is 5. The predicted molar refractivity (Wildman–Crippen MR) is 98.7 cm³/mol. The van der Waals surface area contributed by atoms with Gasteiger partial charge < -0.3 is 15.0 Å². The smallest absolute Gasteiger partial charge is 0.272 e. The lowest BCUT2D eigenvalue weighted by molar-refractivity contribution is -0.144. The summed E-state index contributed by atoms with van der Waals surface area (Å²) in [6, 6.07) is 7.30. The van der Waals surface area contributed by atoms with Crippen LogP contribution < -0.4 is 5.32 Å². The molecular weight excluding hydrogens is 346 g/mol. The molecule has 8 nitrogen and oxygen atoms in total. The lowest BCUT2D eigenvalue weighted by Gasteiger charge is -2.34. The number of carbonyl (C=O) groups excluding carboxylic acids is 2. The largest absolute Gasteiger partial charge is 0.384 e. The minimum Gasteiger partial charge on any atom is -0.384 e. The van der Waals surface area contributed by atoms with Crippen LogP contribution >= 0.6 is 0 Å². The molecule has 2 aromatic heterocycles. The zero-order chi connectivity index (χ0) is 19.4. The van der Waals surface area contributed by atoms with Gasteiger partial charge >= 0.3 is 0 Å². The number of pyridine rings is 1. The molecule has 3 heterocycles. The van der Waals surface area contributed by atoms with Crippen molar-refractivity contribution in [3.05, 3.63) is 47.5 Å². The summed E-state index contributed by atoms with van der Waals surface area (Å²) in [4.78, 5) is 31.1. The number of nitrogens with zero attached hydrogens (tertiary/aromatic N) is 4. The Labute approximate surface area is 158 Å². The lowest BCUT2D eigenvalue weighted by atomic mass is 9.92. The Morgan fingerprint density at radius 2 is 2.11 bits per heavy atom. The number of methoxy groups -OCH3 is 1. The standard InChI is InChI=1S/C19H25N5O3/c1-19(2,13-27-3)18(26)23-8-9-24-15(12-23)10-16(22-24)17(25)21-11-14-6-4-5-7-20-14/h4-7,10H,8-9,11-13H2,1-3H3,(H,21,25). The molecule has 0 bridgehead atoms. The minimum absolute atomic E-state index is 0.0398. The molecule has 27 heavy (non-hydrogen) atoms. The van der Waals surface area contributed by atoms with Crippen molar-refractivity contribution in [2.45, 2.75) is 33.5 Å². The molecule has 0 radical (unpaired) electrons. The highest BCUT2D eigenvalue weighted by atomic mass is 16.5. The van der Waals surface area contributed by atoms with Gasteiger partial charge in [-0.25, -0.2) is 0 Å². The normalized spacial score (nSPS) is 14.0. The van der Waals surface area contributed by atoms with Gasteiger partial charge in [-0.05, 0) is 32.0 Å². The van der Waals surface area contributed by atoms with Crippen LogP contribution in [0.5, 0.6) is 0 Å². The summed E-state index contributed by atoms with van der Waals surface area (Å²) in [5, 5.41) is 7.20. The molecule has 0 aromatic carbocycles. The first-order valence-electron chi connectivity index (χ1n) is 8.94. The molecule has 0 saturated heterocycles. The molecule has 1 aliphatic heterocycles. The molecular formula is C19H25N5O3. The molecule has 3 rings (SSSR count). The summed E-state index contributed by atoms with van der Waals surface area (Å²) in [5.74, 6) is -0.210. The lowest BCUT2D eigenvalue weighted by Crippen LogP contribution is -2.46. The van der Waals surface area contributed by atoms with E-state index in [1.807, 2.05) is 32.0 Å². The van der Waals surface area contributed by atoms with E-state index in [9.17, 15) is 9.59 Å². The zero-order valence-electron chi connectivity index (χ0n) is 15.9. The second-order valence-electron chi connectivity index (χ2n) is 7.29. The average molecular weight is 371 g/mol. The molecule has 1 aliphatic rings. The number of ether oxygens (including phenoxy) is 1. The van der Waals surface area contributed by atoms with Crippen LogP contribution in [0.4, 0.5) is 0 Å². The van der Waals surface area contributed by atoms with E-state index in [0.29, 0.717) is 38.5 Å². The van der Waals surface area contributed by atoms with E-state index in [2.05, 4.69) is 15.4 Å². The van der Waals surface area contributed by atoms with Gasteiger partial charge in [-0.3, -0.25) is 19.3 Å². The van der Waals surface area contributed by atoms with Gasteiger partial charge in [0.25, 0.3) is 5.91 Å². The molecule has 2 aromatic rings. The number of carbonyl (C=O) groups is 2. The van der Waals surface area contributed by atoms with Crippen LogP contribution in [0.2, 0.25) is 0 Å². The topological polar surface area (TPSA) is 89.4 Å². The van der Waals surface area contributed by atoms with E-state index in [0.717, 1.165) is 11.4 Å². The van der Waals surface area contributed by atoms with Crippen molar-refractivity contribution in [1.82, 2.24) is 25.0 Å². The van der Waals surface area contributed by atoms with Crippen molar-refractivity contribution in [2.75, 3.05) is 20.3 Å². The minimum atomic E-state index is -0.584. The highest BCUT2D eigenvalue weighted by Crippen LogP contribution is 2.23. The number of amides is 2. The summed E-state index contributed by atoms with van der Waals surface area (Å²) in [6.45, 7) is 6.03. The van der Waals surface area contributed by atoms with Gasteiger partial charge in [0.1, 0.15) is 0 Å². The average Bonchev–Trinajstić information content (AvgIpc) is 3.09. The number of fused-ring (bicyclic) bond motifs is 1. The van der Waals surface area contributed by atoms with Crippen molar-refractivity contribution in [2.24, 2.45) is 5.41 Å². The molecule has 2 amide bonds. The maximum Gasteiger partial charge on any atom is 0.272 e. The second kappa shape index (κ2) is 7.87. The third kappa shape index (κ3) is 4.33. The molecule has 1 N–H and O–H groups in total. The van der Waals surface area contributed by atoms with Gasteiger partial charge in [-0.15, -0.1) is 0 Å². The predicted octanol–water partition coefficient (Wildman–Crippen LogP) is 1.22. The fraction of sp³-hybridized carbons (Fsp3) is 0.474. The van der Waals surface area contributed by atoms with E-state index in [1.54, 1.807) is 29.0 Å². The first kappa shape index (κ1) is 19.0. The summed E-state index contributed by atoms with van der Waals surface area (Å²) in [7, 11) is 1.59. The summed E-state index contributed by atoms with van der Waals surface area (Å²) < 4.78 is 6.96. The highest BCUT2D eigenvalue weighted by Gasteiger charge is 2.34. The van der Waals surface area contributed by atoms with E-state index in [1.165, 1.54) is 0 Å². The Kier molecular flexibility index (Phi) is 5.55. The Morgan fingerprint density at radius 3 is 2.81 bits per heavy atom. The van der Waals surface area contributed by atoms with Gasteiger partial charge in [0.15, 0.2) is 5.69 Å². The van der Waals surface area contributed by atoms with Crippen molar-refractivity contribution in [3.8, 4) is 0 Å². The van der Waals surface area contributed by atoms with E-state index in [-0.39, 0.29) is 11.8 Å². The fourth-order valence-electron chi connectivity index (χ4n) is 3.17. The second-order valence-corrected chi connectivity index (χ2v) is 7.29. The van der Waals surface area contributed by atoms with Crippen LogP contribution in [0.1, 0.15) is 35.7 Å². The first-order chi connectivity index (χ1) is 12.9. The van der Waals surface area contributed by atoms with Crippen molar-refractivity contribution >= 4 is 11.8 Å². The molecule has 0 unspecified atom stereocenters. The summed E-state index contributed by atoms with van der Waals surface area (Å²) >= 11 is 0. The van der Waals surface area contributed by atoms with Crippen LogP contribution in [0.25, 0.3) is 0 Å². The third-order valence-corrected chi connectivity index (χ3v) is 4.56. The summed E-state index contributed by atoms with van der Waals surface area (Å²) in [5.41, 5.74) is 1.41. The van der Waals surface area contributed by atoms with Gasteiger partial charge in [0.2, 0.25) is 5.91 Å². The number of aromatic nitrogens is 3. The van der Waals surface area contributed by atoms with Gasteiger partial charge in [-0.2, -0.15) is 5.10 Å². The van der Waals surface area contributed by atoms with Crippen LogP contribution in [-0.2, 0) is 29.2 Å². The molecule has 144 valence electrons. The van der Waals surface area contributed by atoms with E-state index in [4.69, 9.17) is 4.74 Å². The van der Waals surface area contributed by atoms with Crippen LogP contribution in [0.3, 0.4) is 0 Å². The molecule has 0 saturated carbocycles. The Balaban J connectivity index is 1.64. The Bertz CT molecular complexity index is 816.